The van der Waals surface area contributed by atoms with Crippen molar-refractivity contribution in [2.75, 3.05) is 39.9 Å². The predicted octanol–water partition coefficient (Wildman–Crippen LogP) is 1.86. The largest absolute Gasteiger partial charge is 0.493 e. The summed E-state index contributed by atoms with van der Waals surface area (Å²) in [4.78, 5) is 2.15. The number of nitrogens with one attached hydrogen (secondary N) is 1. The Morgan fingerprint density at radius 1 is 1.23 bits per heavy atom. The fraction of sp³-hybridized carbons (Fsp3) is 0.583. The van der Waals surface area contributed by atoms with Crippen molar-refractivity contribution in [1.82, 2.24) is 10.2 Å². The maximum Gasteiger partial charge on any atom is 0.161 e. The van der Waals surface area contributed by atoms with Crippen LogP contribution in [0.3, 0.4) is 0 Å². The number of aliphatic hydroxyl groups is 3. The van der Waals surface area contributed by atoms with Crippen LogP contribution in [0.15, 0.2) is 43.5 Å². The Morgan fingerprint density at radius 2 is 1.90 bits per heavy atom. The first-order valence-electron chi connectivity index (χ1n) is 10.9. The van der Waals surface area contributed by atoms with E-state index in [-0.39, 0.29) is 12.7 Å². The number of β-amino-alcohol motifs (C(OH)–C–C–N with tert-alkyl or cyclic N) is 1. The van der Waals surface area contributed by atoms with Gasteiger partial charge in [-0.15, -0.1) is 13.2 Å². The smallest absolute Gasteiger partial charge is 0.161 e. The molecule has 1 aliphatic heterocycles. The molecule has 0 aromatic heterocycles. The minimum absolute atomic E-state index is 0.170. The van der Waals surface area contributed by atoms with Gasteiger partial charge in [-0.05, 0) is 43.4 Å². The quantitative estimate of drug-likeness (QED) is 0.332. The van der Waals surface area contributed by atoms with Gasteiger partial charge in [0.1, 0.15) is 12.7 Å². The van der Waals surface area contributed by atoms with Gasteiger partial charge in [-0.3, -0.25) is 0 Å². The standard InChI is InChI=1S/C24H38N2O5/c1-4-10-24(29,11-5-2)18-25-15-19-6-7-22(23(14-19)30-3)31-17-21(28)16-26-12-8-20(27)9-13-26/h4-7,14,20-21,25,27-29H,1-2,8-13,15-18H2,3H3/t21-/m0/s1. The molecule has 1 saturated heterocycles. The summed E-state index contributed by atoms with van der Waals surface area (Å²) in [7, 11) is 1.59. The molecule has 1 fully saturated rings. The van der Waals surface area contributed by atoms with Crippen LogP contribution in [0.1, 0.15) is 31.2 Å². The molecule has 0 aliphatic carbocycles. The van der Waals surface area contributed by atoms with Crippen LogP contribution in [0.4, 0.5) is 0 Å². The Hall–Kier alpha value is -1.90. The van der Waals surface area contributed by atoms with Crippen molar-refractivity contribution in [1.29, 1.82) is 0 Å². The van der Waals surface area contributed by atoms with Crippen LogP contribution in [0.25, 0.3) is 0 Å². The zero-order valence-electron chi connectivity index (χ0n) is 18.6. The van der Waals surface area contributed by atoms with Crippen molar-refractivity contribution in [2.45, 2.75) is 50.0 Å². The normalized spacial score (nSPS) is 16.6. The average Bonchev–Trinajstić information content (AvgIpc) is 2.74. The second-order valence-corrected chi connectivity index (χ2v) is 8.30. The first-order chi connectivity index (χ1) is 14.9. The number of hydrogen-bond acceptors (Lipinski definition) is 7. The molecule has 174 valence electrons. The Morgan fingerprint density at radius 3 is 2.52 bits per heavy atom. The first-order valence-corrected chi connectivity index (χ1v) is 10.9. The third kappa shape index (κ3) is 8.63. The highest BCUT2D eigenvalue weighted by Crippen LogP contribution is 2.28. The van der Waals surface area contributed by atoms with E-state index < -0.39 is 11.7 Å². The molecule has 4 N–H and O–H groups in total. The van der Waals surface area contributed by atoms with E-state index in [4.69, 9.17) is 9.47 Å². The summed E-state index contributed by atoms with van der Waals surface area (Å²) < 4.78 is 11.3. The molecule has 0 unspecified atom stereocenters. The van der Waals surface area contributed by atoms with E-state index in [1.807, 2.05) is 18.2 Å². The second kappa shape index (κ2) is 12.8. The van der Waals surface area contributed by atoms with E-state index in [1.165, 1.54) is 0 Å². The molecule has 7 heteroatoms. The van der Waals surface area contributed by atoms with Gasteiger partial charge in [0, 0.05) is 32.7 Å². The third-order valence-corrected chi connectivity index (χ3v) is 5.52. The number of benzene rings is 1. The highest BCUT2D eigenvalue weighted by atomic mass is 16.5. The molecule has 0 bridgehead atoms. The molecular weight excluding hydrogens is 396 g/mol. The van der Waals surface area contributed by atoms with Gasteiger partial charge >= 0.3 is 0 Å². The molecule has 1 atom stereocenters. The van der Waals surface area contributed by atoms with E-state index in [2.05, 4.69) is 23.4 Å². The number of methoxy groups -OCH3 is 1. The van der Waals surface area contributed by atoms with E-state index >= 15 is 0 Å². The van der Waals surface area contributed by atoms with Gasteiger partial charge in [-0.25, -0.2) is 0 Å². The molecule has 7 nitrogen and oxygen atoms in total. The summed E-state index contributed by atoms with van der Waals surface area (Å²) in [5.41, 5.74) is 0.107. The van der Waals surface area contributed by atoms with Crippen molar-refractivity contribution in [3.63, 3.8) is 0 Å². The van der Waals surface area contributed by atoms with Gasteiger partial charge < -0.3 is 35.0 Å². The number of hydrogen-bond donors (Lipinski definition) is 4. The molecule has 1 aliphatic rings. The van der Waals surface area contributed by atoms with Crippen LogP contribution < -0.4 is 14.8 Å². The number of ether oxygens (including phenoxy) is 2. The summed E-state index contributed by atoms with van der Waals surface area (Å²) >= 11 is 0. The molecule has 0 radical (unpaired) electrons. The molecule has 0 saturated carbocycles. The summed E-state index contributed by atoms with van der Waals surface area (Å²) in [6, 6.07) is 5.66. The average molecular weight is 435 g/mol. The summed E-state index contributed by atoms with van der Waals surface area (Å²) in [6.07, 6.45) is 5.05. The van der Waals surface area contributed by atoms with Crippen molar-refractivity contribution < 1.29 is 24.8 Å². The lowest BCUT2D eigenvalue weighted by molar-refractivity contribution is 0.0333. The Balaban J connectivity index is 1.83. The van der Waals surface area contributed by atoms with Gasteiger partial charge in [-0.2, -0.15) is 0 Å². The van der Waals surface area contributed by atoms with Gasteiger partial charge in [0.05, 0.1) is 18.8 Å². The first kappa shape index (κ1) is 25.4. The zero-order chi connectivity index (χ0) is 22.7. The minimum atomic E-state index is -0.890. The molecule has 1 heterocycles. The predicted molar refractivity (Wildman–Crippen MR) is 122 cm³/mol. The zero-order valence-corrected chi connectivity index (χ0v) is 18.6. The molecule has 1 aromatic rings. The molecule has 31 heavy (non-hydrogen) atoms. The van der Waals surface area contributed by atoms with Crippen molar-refractivity contribution in [3.8, 4) is 11.5 Å². The van der Waals surface area contributed by atoms with Gasteiger partial charge in [0.2, 0.25) is 0 Å². The van der Waals surface area contributed by atoms with Crippen LogP contribution in [-0.2, 0) is 6.54 Å². The van der Waals surface area contributed by atoms with E-state index in [1.54, 1.807) is 19.3 Å². The van der Waals surface area contributed by atoms with Gasteiger partial charge in [-0.1, -0.05) is 18.2 Å². The Labute approximate surface area is 186 Å². The summed E-state index contributed by atoms with van der Waals surface area (Å²) in [5.74, 6) is 1.18. The monoisotopic (exact) mass is 434 g/mol. The number of nitrogens with zero attached hydrogens (tertiary/aromatic N) is 1. The third-order valence-electron chi connectivity index (χ3n) is 5.52. The van der Waals surface area contributed by atoms with Gasteiger partial charge in [0.25, 0.3) is 0 Å². The van der Waals surface area contributed by atoms with E-state index in [9.17, 15) is 15.3 Å². The lowest BCUT2D eigenvalue weighted by Gasteiger charge is -2.30. The lowest BCUT2D eigenvalue weighted by Crippen LogP contribution is -2.41. The number of piperidine rings is 1. The maximum absolute atomic E-state index is 10.6. The molecule has 0 amide bonds. The van der Waals surface area contributed by atoms with Crippen molar-refractivity contribution in [3.05, 3.63) is 49.1 Å². The minimum Gasteiger partial charge on any atom is -0.493 e. The Kier molecular flexibility index (Phi) is 10.5. The maximum atomic E-state index is 10.6. The highest BCUT2D eigenvalue weighted by molar-refractivity contribution is 5.43. The SMILES string of the molecule is C=CCC(O)(CC=C)CNCc1ccc(OC[C@@H](O)CN2CCC(O)CC2)c(OC)c1. The topological polar surface area (TPSA) is 94.4 Å². The highest BCUT2D eigenvalue weighted by Gasteiger charge is 2.23. The fourth-order valence-corrected chi connectivity index (χ4v) is 3.78. The van der Waals surface area contributed by atoms with Crippen LogP contribution in [0, 0.1) is 0 Å². The summed E-state index contributed by atoms with van der Waals surface area (Å²) in [5, 5.41) is 33.8. The molecular formula is C24H38N2O5. The number of aliphatic hydroxyl groups excluding tert-OH is 2. The van der Waals surface area contributed by atoms with Gasteiger partial charge in [0.15, 0.2) is 11.5 Å². The Bertz CT molecular complexity index is 679. The van der Waals surface area contributed by atoms with Crippen molar-refractivity contribution >= 4 is 0 Å². The summed E-state index contributed by atoms with van der Waals surface area (Å²) in [6.45, 7) is 10.7. The van der Waals surface area contributed by atoms with E-state index in [0.717, 1.165) is 31.5 Å². The van der Waals surface area contributed by atoms with E-state index in [0.29, 0.717) is 44.0 Å². The fourth-order valence-electron chi connectivity index (χ4n) is 3.78. The van der Waals surface area contributed by atoms with Crippen LogP contribution in [-0.4, -0.2) is 77.9 Å². The molecule has 0 spiro atoms. The second-order valence-electron chi connectivity index (χ2n) is 8.30. The molecule has 1 aromatic carbocycles. The molecule has 2 rings (SSSR count). The van der Waals surface area contributed by atoms with Crippen LogP contribution in [0.5, 0.6) is 11.5 Å². The lowest BCUT2D eigenvalue weighted by atomic mass is 9.95. The van der Waals surface area contributed by atoms with Crippen LogP contribution >= 0.6 is 0 Å². The number of likely N-dealkylation sites (tertiary alicyclic amines) is 1. The number of rotatable bonds is 14. The van der Waals surface area contributed by atoms with Crippen LogP contribution in [0.2, 0.25) is 0 Å². The van der Waals surface area contributed by atoms with Crippen molar-refractivity contribution in [2.24, 2.45) is 0 Å².